The molecule has 2 rings (SSSR count). The Morgan fingerprint density at radius 1 is 1.50 bits per heavy atom. The minimum Gasteiger partial charge on any atom is -0.388 e. The number of nitrogens with one attached hydrogen (secondary N) is 1. The largest absolute Gasteiger partial charge is 0.388 e. The number of amides is 1. The lowest BCUT2D eigenvalue weighted by atomic mass is 10.0. The molecule has 0 atom stereocenters. The second kappa shape index (κ2) is 5.41. The lowest BCUT2D eigenvalue weighted by Gasteiger charge is -2.22. The van der Waals surface area contributed by atoms with E-state index in [2.05, 4.69) is 12.2 Å². The first-order chi connectivity index (χ1) is 8.54. The standard InChI is InChI=1S/C14H21NO2S/c1-3-11-8-12(18-10(11)2)13(16)15-9-14(17)6-4-5-7-14/h8,17H,3-7,9H2,1-2H3,(H,15,16). The van der Waals surface area contributed by atoms with E-state index in [4.69, 9.17) is 0 Å². The quantitative estimate of drug-likeness (QED) is 0.881. The molecule has 1 amide bonds. The first-order valence-corrected chi connectivity index (χ1v) is 7.45. The van der Waals surface area contributed by atoms with Gasteiger partial charge in [-0.05, 0) is 37.8 Å². The van der Waals surface area contributed by atoms with E-state index in [0.717, 1.165) is 37.0 Å². The summed E-state index contributed by atoms with van der Waals surface area (Å²) in [6.45, 7) is 4.52. The number of hydrogen-bond donors (Lipinski definition) is 2. The van der Waals surface area contributed by atoms with Gasteiger partial charge in [0.15, 0.2) is 0 Å². The van der Waals surface area contributed by atoms with Crippen molar-refractivity contribution in [3.63, 3.8) is 0 Å². The Balaban J connectivity index is 1.95. The normalized spacial score (nSPS) is 17.9. The predicted octanol–water partition coefficient (Wildman–Crippen LogP) is 2.65. The Morgan fingerprint density at radius 3 is 2.72 bits per heavy atom. The summed E-state index contributed by atoms with van der Waals surface area (Å²) >= 11 is 1.53. The number of aliphatic hydroxyl groups is 1. The molecular formula is C14H21NO2S. The van der Waals surface area contributed by atoms with Crippen molar-refractivity contribution in [2.24, 2.45) is 0 Å². The van der Waals surface area contributed by atoms with Gasteiger partial charge in [-0.2, -0.15) is 0 Å². The first kappa shape index (κ1) is 13.6. The van der Waals surface area contributed by atoms with Gasteiger partial charge in [0.25, 0.3) is 5.91 Å². The highest BCUT2D eigenvalue weighted by Crippen LogP contribution is 2.29. The van der Waals surface area contributed by atoms with Crippen molar-refractivity contribution in [3.8, 4) is 0 Å². The van der Waals surface area contributed by atoms with Crippen molar-refractivity contribution in [2.45, 2.75) is 51.6 Å². The summed E-state index contributed by atoms with van der Waals surface area (Å²) in [6, 6.07) is 1.97. The van der Waals surface area contributed by atoms with Crippen LogP contribution in [-0.2, 0) is 6.42 Å². The van der Waals surface area contributed by atoms with Crippen molar-refractivity contribution in [1.82, 2.24) is 5.32 Å². The van der Waals surface area contributed by atoms with E-state index in [-0.39, 0.29) is 5.91 Å². The van der Waals surface area contributed by atoms with Crippen LogP contribution in [0.3, 0.4) is 0 Å². The Bertz CT molecular complexity index is 433. The van der Waals surface area contributed by atoms with E-state index < -0.39 is 5.60 Å². The SMILES string of the molecule is CCc1cc(C(=O)NCC2(O)CCCC2)sc1C. The minimum absolute atomic E-state index is 0.0527. The summed E-state index contributed by atoms with van der Waals surface area (Å²) in [5.41, 5.74) is 0.569. The molecule has 0 bridgehead atoms. The molecule has 0 spiro atoms. The third-order valence-electron chi connectivity index (χ3n) is 3.74. The van der Waals surface area contributed by atoms with Gasteiger partial charge >= 0.3 is 0 Å². The molecule has 100 valence electrons. The van der Waals surface area contributed by atoms with Gasteiger partial charge < -0.3 is 10.4 Å². The molecule has 18 heavy (non-hydrogen) atoms. The lowest BCUT2D eigenvalue weighted by Crippen LogP contribution is -2.40. The van der Waals surface area contributed by atoms with E-state index in [1.807, 2.05) is 13.0 Å². The summed E-state index contributed by atoms with van der Waals surface area (Å²) in [5, 5.41) is 13.0. The highest BCUT2D eigenvalue weighted by atomic mass is 32.1. The number of hydrogen-bond acceptors (Lipinski definition) is 3. The van der Waals surface area contributed by atoms with E-state index in [1.54, 1.807) is 0 Å². The zero-order chi connectivity index (χ0) is 13.2. The van der Waals surface area contributed by atoms with Crippen LogP contribution in [0.4, 0.5) is 0 Å². The topological polar surface area (TPSA) is 49.3 Å². The smallest absolute Gasteiger partial charge is 0.261 e. The van der Waals surface area contributed by atoms with Crippen molar-refractivity contribution < 1.29 is 9.90 Å². The molecule has 3 nitrogen and oxygen atoms in total. The Morgan fingerprint density at radius 2 is 2.17 bits per heavy atom. The monoisotopic (exact) mass is 267 g/mol. The van der Waals surface area contributed by atoms with Gasteiger partial charge in [-0.25, -0.2) is 0 Å². The summed E-state index contributed by atoms with van der Waals surface area (Å²) in [7, 11) is 0. The molecule has 1 aliphatic carbocycles. The number of carbonyl (C=O) groups excluding carboxylic acids is 1. The van der Waals surface area contributed by atoms with E-state index in [0.29, 0.717) is 6.54 Å². The van der Waals surface area contributed by atoms with Crippen LogP contribution >= 0.6 is 11.3 Å². The van der Waals surface area contributed by atoms with Crippen LogP contribution in [0, 0.1) is 6.92 Å². The minimum atomic E-state index is -0.671. The molecule has 1 aliphatic rings. The molecule has 0 aromatic carbocycles. The fourth-order valence-electron chi connectivity index (χ4n) is 2.52. The molecule has 1 aromatic heterocycles. The first-order valence-electron chi connectivity index (χ1n) is 6.64. The fourth-order valence-corrected chi connectivity index (χ4v) is 3.55. The number of aryl methyl sites for hydroxylation is 2. The molecular weight excluding hydrogens is 246 g/mol. The summed E-state index contributed by atoms with van der Waals surface area (Å²) in [4.78, 5) is 14.0. The molecule has 0 radical (unpaired) electrons. The van der Waals surface area contributed by atoms with Crippen LogP contribution in [0.5, 0.6) is 0 Å². The Kier molecular flexibility index (Phi) is 4.07. The molecule has 1 saturated carbocycles. The maximum Gasteiger partial charge on any atom is 0.261 e. The van der Waals surface area contributed by atoms with Gasteiger partial charge in [0.2, 0.25) is 0 Å². The van der Waals surface area contributed by atoms with Gasteiger partial charge in [0.05, 0.1) is 10.5 Å². The number of thiophene rings is 1. The van der Waals surface area contributed by atoms with Crippen molar-refractivity contribution in [2.75, 3.05) is 6.54 Å². The van der Waals surface area contributed by atoms with E-state index in [1.165, 1.54) is 21.8 Å². The number of carbonyl (C=O) groups is 1. The second-order valence-electron chi connectivity index (χ2n) is 5.16. The van der Waals surface area contributed by atoms with Gasteiger partial charge in [-0.3, -0.25) is 4.79 Å². The van der Waals surface area contributed by atoms with Crippen LogP contribution in [0.2, 0.25) is 0 Å². The van der Waals surface area contributed by atoms with E-state index >= 15 is 0 Å². The predicted molar refractivity (Wildman–Crippen MR) is 74.2 cm³/mol. The summed E-state index contributed by atoms with van der Waals surface area (Å²) in [5.74, 6) is -0.0527. The van der Waals surface area contributed by atoms with Crippen LogP contribution < -0.4 is 5.32 Å². The highest BCUT2D eigenvalue weighted by molar-refractivity contribution is 7.14. The maximum absolute atomic E-state index is 12.0. The van der Waals surface area contributed by atoms with Crippen LogP contribution in [0.25, 0.3) is 0 Å². The van der Waals surface area contributed by atoms with Gasteiger partial charge in [0.1, 0.15) is 0 Å². The van der Waals surface area contributed by atoms with Crippen LogP contribution in [0.1, 0.15) is 52.7 Å². The van der Waals surface area contributed by atoms with Crippen LogP contribution in [-0.4, -0.2) is 23.2 Å². The number of rotatable bonds is 4. The zero-order valence-corrected chi connectivity index (χ0v) is 11.9. The Hall–Kier alpha value is -0.870. The third kappa shape index (κ3) is 2.93. The summed E-state index contributed by atoms with van der Waals surface area (Å²) < 4.78 is 0. The maximum atomic E-state index is 12.0. The van der Waals surface area contributed by atoms with Crippen molar-refractivity contribution >= 4 is 17.2 Å². The van der Waals surface area contributed by atoms with E-state index in [9.17, 15) is 9.90 Å². The highest BCUT2D eigenvalue weighted by Gasteiger charge is 2.31. The van der Waals surface area contributed by atoms with Gasteiger partial charge in [-0.1, -0.05) is 19.8 Å². The molecule has 0 unspecified atom stereocenters. The molecule has 4 heteroatoms. The average Bonchev–Trinajstić information content (AvgIpc) is 2.93. The fraction of sp³-hybridized carbons (Fsp3) is 0.643. The molecule has 1 fully saturated rings. The second-order valence-corrected chi connectivity index (χ2v) is 6.42. The van der Waals surface area contributed by atoms with Crippen molar-refractivity contribution in [1.29, 1.82) is 0 Å². The molecule has 1 aromatic rings. The molecule has 0 aliphatic heterocycles. The lowest BCUT2D eigenvalue weighted by molar-refractivity contribution is 0.0450. The average molecular weight is 267 g/mol. The third-order valence-corrected chi connectivity index (χ3v) is 4.83. The van der Waals surface area contributed by atoms with Gasteiger partial charge in [0, 0.05) is 11.4 Å². The van der Waals surface area contributed by atoms with Gasteiger partial charge in [-0.15, -0.1) is 11.3 Å². The molecule has 0 saturated heterocycles. The Labute approximate surface area is 112 Å². The van der Waals surface area contributed by atoms with Crippen LogP contribution in [0.15, 0.2) is 6.07 Å². The van der Waals surface area contributed by atoms with Crippen molar-refractivity contribution in [3.05, 3.63) is 21.4 Å². The summed E-state index contributed by atoms with van der Waals surface area (Å²) in [6.07, 6.45) is 4.68. The zero-order valence-electron chi connectivity index (χ0n) is 11.1. The molecule has 1 heterocycles. The molecule has 2 N–H and O–H groups in total.